The van der Waals surface area contributed by atoms with E-state index in [0.29, 0.717) is 5.75 Å². The van der Waals surface area contributed by atoms with Crippen LogP contribution in [0.3, 0.4) is 0 Å². The molecule has 0 aliphatic heterocycles. The molecule has 126 valence electrons. The summed E-state index contributed by atoms with van der Waals surface area (Å²) in [6.07, 6.45) is 0. The summed E-state index contributed by atoms with van der Waals surface area (Å²) < 4.78 is 0. The van der Waals surface area contributed by atoms with E-state index in [1.807, 2.05) is 12.1 Å². The van der Waals surface area contributed by atoms with E-state index in [1.165, 1.54) is 43.4 Å². The van der Waals surface area contributed by atoms with E-state index in [4.69, 9.17) is 0 Å². The van der Waals surface area contributed by atoms with Crippen LogP contribution in [0.15, 0.2) is 91.0 Å². The largest absolute Gasteiger partial charge is 0.508 e. The highest BCUT2D eigenvalue weighted by Gasteiger charge is 2.12. The van der Waals surface area contributed by atoms with Crippen molar-refractivity contribution in [2.45, 2.75) is 0 Å². The van der Waals surface area contributed by atoms with Gasteiger partial charge in [-0.05, 0) is 72.4 Å². The molecule has 27 heavy (non-hydrogen) atoms. The van der Waals surface area contributed by atoms with Gasteiger partial charge in [0.1, 0.15) is 5.75 Å². The number of benzene rings is 6. The van der Waals surface area contributed by atoms with Gasteiger partial charge in [-0.2, -0.15) is 0 Å². The zero-order valence-corrected chi connectivity index (χ0v) is 14.6. The maximum atomic E-state index is 9.72. The topological polar surface area (TPSA) is 20.2 Å². The number of hydrogen-bond donors (Lipinski definition) is 1. The average molecular weight is 344 g/mol. The fourth-order valence-corrected chi connectivity index (χ4v) is 4.39. The minimum Gasteiger partial charge on any atom is -0.508 e. The molecule has 0 saturated carbocycles. The van der Waals surface area contributed by atoms with Crippen molar-refractivity contribution in [3.63, 3.8) is 0 Å². The second-order valence-corrected chi connectivity index (χ2v) is 7.22. The molecular weight excluding hydrogens is 328 g/mol. The normalized spacial score (nSPS) is 11.9. The zero-order chi connectivity index (χ0) is 18.0. The van der Waals surface area contributed by atoms with Gasteiger partial charge >= 0.3 is 0 Å². The highest BCUT2D eigenvalue weighted by molar-refractivity contribution is 6.25. The van der Waals surface area contributed by atoms with Crippen molar-refractivity contribution < 1.29 is 5.11 Å². The van der Waals surface area contributed by atoms with Gasteiger partial charge in [-0.3, -0.25) is 0 Å². The van der Waals surface area contributed by atoms with Crippen LogP contribution in [-0.4, -0.2) is 5.11 Å². The Hall–Kier alpha value is -3.58. The fraction of sp³-hybridized carbons (Fsp3) is 0. The molecule has 0 aliphatic rings. The zero-order valence-electron chi connectivity index (χ0n) is 14.6. The molecule has 0 unspecified atom stereocenters. The molecule has 1 N–H and O–H groups in total. The number of phenolic OH excluding ortho intramolecular Hbond substituents is 1. The molecule has 0 heterocycles. The lowest BCUT2D eigenvalue weighted by Gasteiger charge is -2.14. The summed E-state index contributed by atoms with van der Waals surface area (Å²) in [6, 6.07) is 31.8. The van der Waals surface area contributed by atoms with E-state index in [-0.39, 0.29) is 0 Å². The van der Waals surface area contributed by atoms with Crippen molar-refractivity contribution in [1.29, 1.82) is 0 Å². The van der Waals surface area contributed by atoms with E-state index in [9.17, 15) is 5.11 Å². The summed E-state index contributed by atoms with van der Waals surface area (Å²) in [5.41, 5.74) is 2.45. The summed E-state index contributed by atoms with van der Waals surface area (Å²) in [7, 11) is 0. The molecule has 6 aromatic carbocycles. The van der Waals surface area contributed by atoms with Crippen molar-refractivity contribution in [1.82, 2.24) is 0 Å². The van der Waals surface area contributed by atoms with Gasteiger partial charge in [-0.15, -0.1) is 0 Å². The van der Waals surface area contributed by atoms with Gasteiger partial charge in [-0.25, -0.2) is 0 Å². The molecule has 0 fully saturated rings. The van der Waals surface area contributed by atoms with E-state index < -0.39 is 0 Å². The summed E-state index contributed by atoms with van der Waals surface area (Å²) in [5.74, 6) is 0.304. The van der Waals surface area contributed by atoms with Crippen LogP contribution in [0, 0.1) is 0 Å². The third-order valence-electron chi connectivity index (χ3n) is 5.66. The SMILES string of the molecule is Oc1ccc2cc(-c3ccc4ccc5cccc6ccc3c4c56)ccc2c1. The molecule has 6 aromatic rings. The molecule has 0 aromatic heterocycles. The first-order valence-electron chi connectivity index (χ1n) is 9.18. The van der Waals surface area contributed by atoms with Crippen LogP contribution in [0.4, 0.5) is 0 Å². The summed E-state index contributed by atoms with van der Waals surface area (Å²) in [4.78, 5) is 0. The average Bonchev–Trinajstić information content (AvgIpc) is 2.71. The summed E-state index contributed by atoms with van der Waals surface area (Å²) in [6.45, 7) is 0. The first-order valence-corrected chi connectivity index (χ1v) is 9.18. The van der Waals surface area contributed by atoms with E-state index in [2.05, 4.69) is 72.8 Å². The minimum absolute atomic E-state index is 0.304. The third-order valence-corrected chi connectivity index (χ3v) is 5.66. The van der Waals surface area contributed by atoms with E-state index in [1.54, 1.807) is 6.07 Å². The van der Waals surface area contributed by atoms with Gasteiger partial charge in [0.25, 0.3) is 0 Å². The molecular formula is C26H16O. The highest BCUT2D eigenvalue weighted by atomic mass is 16.3. The molecule has 0 amide bonds. The standard InChI is InChI=1S/C26H16O/c27-22-11-8-19-14-21(7-6-20(19)15-22)23-12-9-18-5-4-16-2-1-3-17-10-13-24(23)26(18)25(16)17/h1-15,27H. The number of hydrogen-bond acceptors (Lipinski definition) is 1. The lowest BCUT2D eigenvalue weighted by atomic mass is 9.89. The predicted molar refractivity (Wildman–Crippen MR) is 115 cm³/mol. The van der Waals surface area contributed by atoms with Crippen LogP contribution >= 0.6 is 0 Å². The molecule has 0 bridgehead atoms. The van der Waals surface area contributed by atoms with Gasteiger partial charge in [0, 0.05) is 0 Å². The second-order valence-electron chi connectivity index (χ2n) is 7.22. The lowest BCUT2D eigenvalue weighted by Crippen LogP contribution is -1.87. The molecule has 6 rings (SSSR count). The lowest BCUT2D eigenvalue weighted by molar-refractivity contribution is 0.476. The Labute approximate surface area is 156 Å². The third kappa shape index (κ3) is 2.06. The van der Waals surface area contributed by atoms with Crippen molar-refractivity contribution >= 4 is 43.1 Å². The van der Waals surface area contributed by atoms with E-state index >= 15 is 0 Å². The van der Waals surface area contributed by atoms with Gasteiger partial charge in [-0.1, -0.05) is 72.8 Å². The van der Waals surface area contributed by atoms with Gasteiger partial charge in [0.2, 0.25) is 0 Å². The van der Waals surface area contributed by atoms with Gasteiger partial charge < -0.3 is 5.11 Å². The van der Waals surface area contributed by atoms with Crippen LogP contribution in [0.2, 0.25) is 0 Å². The number of aromatic hydroxyl groups is 1. The van der Waals surface area contributed by atoms with Crippen LogP contribution in [0.25, 0.3) is 54.2 Å². The first kappa shape index (κ1) is 14.6. The molecule has 0 radical (unpaired) electrons. The van der Waals surface area contributed by atoms with Crippen LogP contribution in [0.1, 0.15) is 0 Å². The Morgan fingerprint density at radius 1 is 0.481 bits per heavy atom. The molecule has 0 spiro atoms. The Morgan fingerprint density at radius 2 is 1.11 bits per heavy atom. The van der Waals surface area contributed by atoms with Crippen LogP contribution in [-0.2, 0) is 0 Å². The first-order chi connectivity index (χ1) is 13.3. The second kappa shape index (κ2) is 5.21. The van der Waals surface area contributed by atoms with Gasteiger partial charge in [0.05, 0.1) is 0 Å². The molecule has 0 atom stereocenters. The Morgan fingerprint density at radius 3 is 1.96 bits per heavy atom. The monoisotopic (exact) mass is 344 g/mol. The van der Waals surface area contributed by atoms with E-state index in [0.717, 1.165) is 10.8 Å². The summed E-state index contributed by atoms with van der Waals surface area (Å²) >= 11 is 0. The number of rotatable bonds is 1. The minimum atomic E-state index is 0.304. The molecule has 0 saturated heterocycles. The van der Waals surface area contributed by atoms with Crippen molar-refractivity contribution in [2.75, 3.05) is 0 Å². The van der Waals surface area contributed by atoms with Crippen LogP contribution in [0.5, 0.6) is 5.75 Å². The maximum Gasteiger partial charge on any atom is 0.116 e. The summed E-state index contributed by atoms with van der Waals surface area (Å²) in [5, 5.41) is 19.7. The Kier molecular flexibility index (Phi) is 2.81. The number of fused-ring (bicyclic) bond motifs is 1. The van der Waals surface area contributed by atoms with Gasteiger partial charge in [0.15, 0.2) is 0 Å². The highest BCUT2D eigenvalue weighted by Crippen LogP contribution is 2.39. The molecule has 1 heteroatoms. The predicted octanol–water partition coefficient (Wildman–Crippen LogP) is 7.11. The molecule has 1 nitrogen and oxygen atoms in total. The maximum absolute atomic E-state index is 9.72. The van der Waals surface area contributed by atoms with Crippen molar-refractivity contribution in [2.24, 2.45) is 0 Å². The molecule has 0 aliphatic carbocycles. The Balaban J connectivity index is 1.71. The van der Waals surface area contributed by atoms with Crippen LogP contribution < -0.4 is 0 Å². The number of phenols is 1. The Bertz CT molecular complexity index is 1460. The quantitative estimate of drug-likeness (QED) is 0.315. The fourth-order valence-electron chi connectivity index (χ4n) is 4.39. The van der Waals surface area contributed by atoms with Crippen molar-refractivity contribution in [3.05, 3.63) is 91.0 Å². The smallest absolute Gasteiger partial charge is 0.116 e. The van der Waals surface area contributed by atoms with Crippen molar-refractivity contribution in [3.8, 4) is 16.9 Å².